The van der Waals surface area contributed by atoms with E-state index < -0.39 is 16.4 Å². The molecular formula is C16H13N5O4. The standard InChI is InChI=1S/C16H13N5O4/c17-8-11-7-12(21(24)25)3-4-13(11)18-15(22)9-20-16(23)6-5-14(19-20)10-1-2-10/h3-7,10H,1-2,9H2,(H,18,22). The lowest BCUT2D eigenvalue weighted by Gasteiger charge is -2.09. The van der Waals surface area contributed by atoms with Crippen molar-refractivity contribution in [2.75, 3.05) is 5.32 Å². The number of nitriles is 1. The first kappa shape index (κ1) is 16.3. The van der Waals surface area contributed by atoms with Crippen LogP contribution in [-0.2, 0) is 11.3 Å². The minimum atomic E-state index is -0.626. The number of nitro groups is 1. The smallest absolute Gasteiger partial charge is 0.270 e. The zero-order valence-electron chi connectivity index (χ0n) is 13.0. The van der Waals surface area contributed by atoms with Gasteiger partial charge in [-0.2, -0.15) is 10.4 Å². The number of nitro benzene ring substituents is 1. The van der Waals surface area contributed by atoms with E-state index in [0.717, 1.165) is 29.3 Å². The van der Waals surface area contributed by atoms with Gasteiger partial charge in [-0.3, -0.25) is 19.7 Å². The molecule has 9 heteroatoms. The SMILES string of the molecule is N#Cc1cc([N+](=O)[O-])ccc1NC(=O)Cn1nc(C2CC2)ccc1=O. The van der Waals surface area contributed by atoms with Gasteiger partial charge >= 0.3 is 0 Å². The summed E-state index contributed by atoms with van der Waals surface area (Å²) in [5.41, 5.74) is 0.243. The Morgan fingerprint density at radius 3 is 2.80 bits per heavy atom. The number of nitrogens with zero attached hydrogens (tertiary/aromatic N) is 4. The van der Waals surface area contributed by atoms with Crippen molar-refractivity contribution in [1.29, 1.82) is 5.26 Å². The molecule has 1 aromatic carbocycles. The van der Waals surface area contributed by atoms with Crippen LogP contribution in [0.4, 0.5) is 11.4 Å². The summed E-state index contributed by atoms with van der Waals surface area (Å²) in [7, 11) is 0. The number of anilines is 1. The Morgan fingerprint density at radius 2 is 2.16 bits per heavy atom. The van der Waals surface area contributed by atoms with Crippen molar-refractivity contribution in [3.05, 3.63) is 62.1 Å². The quantitative estimate of drug-likeness (QED) is 0.649. The molecule has 0 spiro atoms. The monoisotopic (exact) mass is 339 g/mol. The molecule has 1 aliphatic carbocycles. The molecule has 0 atom stereocenters. The molecule has 0 aliphatic heterocycles. The number of amides is 1. The van der Waals surface area contributed by atoms with Crippen molar-refractivity contribution in [3.8, 4) is 6.07 Å². The summed E-state index contributed by atoms with van der Waals surface area (Å²) >= 11 is 0. The topological polar surface area (TPSA) is 131 Å². The lowest BCUT2D eigenvalue weighted by molar-refractivity contribution is -0.384. The highest BCUT2D eigenvalue weighted by Crippen LogP contribution is 2.38. The van der Waals surface area contributed by atoms with Gasteiger partial charge in [-0.05, 0) is 25.0 Å². The summed E-state index contributed by atoms with van der Waals surface area (Å²) in [4.78, 5) is 34.1. The van der Waals surface area contributed by atoms with Gasteiger partial charge in [-0.15, -0.1) is 0 Å². The third-order valence-electron chi connectivity index (χ3n) is 3.78. The number of aromatic nitrogens is 2. The zero-order valence-corrected chi connectivity index (χ0v) is 13.0. The van der Waals surface area contributed by atoms with Crippen molar-refractivity contribution in [2.24, 2.45) is 0 Å². The van der Waals surface area contributed by atoms with E-state index in [4.69, 9.17) is 5.26 Å². The van der Waals surface area contributed by atoms with E-state index in [-0.39, 0.29) is 23.5 Å². The zero-order chi connectivity index (χ0) is 18.0. The molecule has 0 radical (unpaired) electrons. The number of hydrogen-bond acceptors (Lipinski definition) is 6. The summed E-state index contributed by atoms with van der Waals surface area (Å²) in [6, 6.07) is 8.39. The lowest BCUT2D eigenvalue weighted by atomic mass is 10.1. The van der Waals surface area contributed by atoms with Gasteiger partial charge in [0.25, 0.3) is 11.2 Å². The second kappa shape index (κ2) is 6.52. The average molecular weight is 339 g/mol. The third-order valence-corrected chi connectivity index (χ3v) is 3.78. The first-order valence-corrected chi connectivity index (χ1v) is 7.54. The van der Waals surface area contributed by atoms with Gasteiger partial charge in [-0.1, -0.05) is 0 Å². The maximum atomic E-state index is 12.2. The van der Waals surface area contributed by atoms with Crippen LogP contribution in [0.15, 0.2) is 35.1 Å². The maximum absolute atomic E-state index is 12.2. The van der Waals surface area contributed by atoms with E-state index in [1.165, 1.54) is 18.2 Å². The van der Waals surface area contributed by atoms with E-state index in [9.17, 15) is 19.7 Å². The summed E-state index contributed by atoms with van der Waals surface area (Å²) < 4.78 is 1.07. The van der Waals surface area contributed by atoms with Crippen molar-refractivity contribution in [3.63, 3.8) is 0 Å². The second-order valence-corrected chi connectivity index (χ2v) is 5.68. The van der Waals surface area contributed by atoms with E-state index in [2.05, 4.69) is 10.4 Å². The summed E-state index contributed by atoms with van der Waals surface area (Å²) in [5, 5.41) is 26.5. The van der Waals surface area contributed by atoms with E-state index >= 15 is 0 Å². The Labute approximate surface area is 141 Å². The van der Waals surface area contributed by atoms with E-state index in [0.29, 0.717) is 5.92 Å². The third kappa shape index (κ3) is 3.69. The fourth-order valence-electron chi connectivity index (χ4n) is 2.35. The number of benzene rings is 1. The first-order valence-electron chi connectivity index (χ1n) is 7.54. The second-order valence-electron chi connectivity index (χ2n) is 5.68. The minimum absolute atomic E-state index is 0.0328. The largest absolute Gasteiger partial charge is 0.323 e. The van der Waals surface area contributed by atoms with Gasteiger partial charge in [0, 0.05) is 24.1 Å². The predicted octanol–water partition coefficient (Wildman–Crippen LogP) is 1.54. The van der Waals surface area contributed by atoms with Crippen LogP contribution < -0.4 is 10.9 Å². The molecule has 1 aliphatic rings. The molecule has 3 rings (SSSR count). The summed E-state index contributed by atoms with van der Waals surface area (Å²) in [5.74, 6) is -0.206. The lowest BCUT2D eigenvalue weighted by Crippen LogP contribution is -2.29. The average Bonchev–Trinajstić information content (AvgIpc) is 3.42. The predicted molar refractivity (Wildman–Crippen MR) is 86.9 cm³/mol. The van der Waals surface area contributed by atoms with Crippen LogP contribution in [0.2, 0.25) is 0 Å². The fourth-order valence-corrected chi connectivity index (χ4v) is 2.35. The molecule has 1 N–H and O–H groups in total. The molecule has 1 aromatic heterocycles. The first-order chi connectivity index (χ1) is 12.0. The number of carbonyl (C=O) groups is 1. The van der Waals surface area contributed by atoms with Crippen LogP contribution in [0.3, 0.4) is 0 Å². The minimum Gasteiger partial charge on any atom is -0.323 e. The molecular weight excluding hydrogens is 326 g/mol. The number of carbonyl (C=O) groups excluding carboxylic acids is 1. The highest BCUT2D eigenvalue weighted by Gasteiger charge is 2.25. The maximum Gasteiger partial charge on any atom is 0.270 e. The van der Waals surface area contributed by atoms with Crippen LogP contribution in [0, 0.1) is 21.4 Å². The molecule has 2 aromatic rings. The van der Waals surface area contributed by atoms with Crippen LogP contribution in [-0.4, -0.2) is 20.6 Å². The number of rotatable bonds is 5. The van der Waals surface area contributed by atoms with Gasteiger partial charge in [0.1, 0.15) is 12.6 Å². The van der Waals surface area contributed by atoms with Gasteiger partial charge in [0.05, 0.1) is 21.9 Å². The summed E-state index contributed by atoms with van der Waals surface area (Å²) in [6.07, 6.45) is 2.04. The Balaban J connectivity index is 1.77. The van der Waals surface area contributed by atoms with Gasteiger partial charge in [0.2, 0.25) is 5.91 Å². The van der Waals surface area contributed by atoms with Crippen molar-refractivity contribution in [1.82, 2.24) is 9.78 Å². The molecule has 1 heterocycles. The Bertz CT molecular complexity index is 956. The van der Waals surface area contributed by atoms with Crippen LogP contribution in [0.25, 0.3) is 0 Å². The molecule has 0 unspecified atom stereocenters. The van der Waals surface area contributed by atoms with Gasteiger partial charge in [-0.25, -0.2) is 4.68 Å². The van der Waals surface area contributed by atoms with E-state index in [1.54, 1.807) is 12.1 Å². The van der Waals surface area contributed by atoms with Crippen molar-refractivity contribution < 1.29 is 9.72 Å². The fraction of sp³-hybridized carbons (Fsp3) is 0.250. The van der Waals surface area contributed by atoms with Crippen LogP contribution in [0.1, 0.15) is 30.0 Å². The normalized spacial score (nSPS) is 13.1. The highest BCUT2D eigenvalue weighted by molar-refractivity contribution is 5.92. The molecule has 1 saturated carbocycles. The van der Waals surface area contributed by atoms with Crippen molar-refractivity contribution in [2.45, 2.75) is 25.3 Å². The molecule has 1 amide bonds. The Morgan fingerprint density at radius 1 is 1.40 bits per heavy atom. The molecule has 126 valence electrons. The summed E-state index contributed by atoms with van der Waals surface area (Å²) in [6.45, 7) is -0.304. The molecule has 25 heavy (non-hydrogen) atoms. The molecule has 1 fully saturated rings. The molecule has 0 bridgehead atoms. The Hall–Kier alpha value is -3.54. The Kier molecular flexibility index (Phi) is 4.26. The van der Waals surface area contributed by atoms with Gasteiger partial charge < -0.3 is 5.32 Å². The molecule has 0 saturated heterocycles. The van der Waals surface area contributed by atoms with Crippen LogP contribution in [0.5, 0.6) is 0 Å². The molecule has 9 nitrogen and oxygen atoms in total. The van der Waals surface area contributed by atoms with E-state index in [1.807, 2.05) is 0 Å². The van der Waals surface area contributed by atoms with Gasteiger partial charge in [0.15, 0.2) is 0 Å². The number of nitrogens with one attached hydrogen (secondary N) is 1. The number of non-ortho nitro benzene ring substituents is 1. The number of hydrogen-bond donors (Lipinski definition) is 1. The van der Waals surface area contributed by atoms with Crippen LogP contribution >= 0.6 is 0 Å². The highest BCUT2D eigenvalue weighted by atomic mass is 16.6. The van der Waals surface area contributed by atoms with Crippen molar-refractivity contribution >= 4 is 17.3 Å².